The number of guanidine groups is 1. The molecule has 0 spiro atoms. The molecule has 0 aromatic rings. The van der Waals surface area contributed by atoms with E-state index in [9.17, 15) is 0 Å². The molecule has 0 aromatic heterocycles. The van der Waals surface area contributed by atoms with E-state index >= 15 is 0 Å². The number of rotatable bonds is 2. The Kier molecular flexibility index (Phi) is 7.66. The number of nitrogens with two attached hydrogens (primary N) is 1. The highest BCUT2D eigenvalue weighted by Gasteiger charge is 2.18. The highest BCUT2D eigenvalue weighted by atomic mass is 127. The molecule has 0 bridgehead atoms. The summed E-state index contributed by atoms with van der Waals surface area (Å²) in [6, 6.07) is 0. The largest absolute Gasteiger partial charge is 0.374 e. The standard InChI is InChI=1S/C11H22N4OS.HI/c1-14-2-5-16-10(9-14)8-13-11(12)15-3-6-17-7-4-15;/h10H,2-9H2,1H3,(H2,12,13);1H. The smallest absolute Gasteiger partial charge is 0.191 e. The summed E-state index contributed by atoms with van der Waals surface area (Å²) in [6.07, 6.45) is 0.200. The van der Waals surface area contributed by atoms with Crippen molar-refractivity contribution in [2.45, 2.75) is 6.10 Å². The number of aliphatic imine (C=N–C) groups is 1. The van der Waals surface area contributed by atoms with Crippen molar-refractivity contribution in [2.75, 3.05) is 57.9 Å². The van der Waals surface area contributed by atoms with Crippen LogP contribution in [0.2, 0.25) is 0 Å². The third-order valence-electron chi connectivity index (χ3n) is 3.13. The summed E-state index contributed by atoms with van der Waals surface area (Å²) in [4.78, 5) is 8.91. The first-order valence-electron chi connectivity index (χ1n) is 6.18. The highest BCUT2D eigenvalue weighted by Crippen LogP contribution is 2.09. The summed E-state index contributed by atoms with van der Waals surface area (Å²) in [6.45, 7) is 5.49. The summed E-state index contributed by atoms with van der Waals surface area (Å²) < 4.78 is 5.66. The predicted molar refractivity (Wildman–Crippen MR) is 88.0 cm³/mol. The minimum Gasteiger partial charge on any atom is -0.374 e. The van der Waals surface area contributed by atoms with Crippen LogP contribution in [0.15, 0.2) is 4.99 Å². The van der Waals surface area contributed by atoms with Gasteiger partial charge in [0.15, 0.2) is 5.96 Å². The van der Waals surface area contributed by atoms with Gasteiger partial charge in [0.25, 0.3) is 0 Å². The number of hydrogen-bond acceptors (Lipinski definition) is 4. The van der Waals surface area contributed by atoms with E-state index < -0.39 is 0 Å². The molecule has 2 rings (SSSR count). The highest BCUT2D eigenvalue weighted by molar-refractivity contribution is 14.0. The van der Waals surface area contributed by atoms with Crippen LogP contribution < -0.4 is 5.73 Å². The number of nitrogens with zero attached hydrogens (tertiary/aromatic N) is 3. The quantitative estimate of drug-likeness (QED) is 0.420. The van der Waals surface area contributed by atoms with E-state index in [4.69, 9.17) is 10.5 Å². The maximum Gasteiger partial charge on any atom is 0.191 e. The van der Waals surface area contributed by atoms with E-state index in [2.05, 4.69) is 21.8 Å². The van der Waals surface area contributed by atoms with Gasteiger partial charge in [-0.25, -0.2) is 0 Å². The summed E-state index contributed by atoms with van der Waals surface area (Å²) >= 11 is 1.98. The van der Waals surface area contributed by atoms with Gasteiger partial charge in [0, 0.05) is 37.7 Å². The molecule has 0 aromatic carbocycles. The van der Waals surface area contributed by atoms with Crippen LogP contribution in [0.25, 0.3) is 0 Å². The average molecular weight is 386 g/mol. The van der Waals surface area contributed by atoms with Crippen LogP contribution in [0, 0.1) is 0 Å². The minimum atomic E-state index is 0. The Balaban J connectivity index is 0.00000162. The lowest BCUT2D eigenvalue weighted by Crippen LogP contribution is -2.44. The first-order valence-corrected chi connectivity index (χ1v) is 7.34. The molecule has 18 heavy (non-hydrogen) atoms. The molecule has 2 saturated heterocycles. The summed E-state index contributed by atoms with van der Waals surface area (Å²) in [7, 11) is 2.12. The van der Waals surface area contributed by atoms with E-state index in [1.807, 2.05) is 11.8 Å². The van der Waals surface area contributed by atoms with Gasteiger partial charge in [-0.3, -0.25) is 4.99 Å². The number of thioether (sulfide) groups is 1. The monoisotopic (exact) mass is 386 g/mol. The van der Waals surface area contributed by atoms with Crippen molar-refractivity contribution in [3.63, 3.8) is 0 Å². The molecule has 2 aliphatic rings. The van der Waals surface area contributed by atoms with Crippen LogP contribution in [-0.2, 0) is 4.74 Å². The molecule has 0 amide bonds. The molecule has 2 aliphatic heterocycles. The van der Waals surface area contributed by atoms with Crippen molar-refractivity contribution in [1.29, 1.82) is 0 Å². The van der Waals surface area contributed by atoms with E-state index in [1.54, 1.807) is 0 Å². The van der Waals surface area contributed by atoms with Gasteiger partial charge in [-0.2, -0.15) is 11.8 Å². The summed E-state index contributed by atoms with van der Waals surface area (Å²) in [5.41, 5.74) is 6.00. The summed E-state index contributed by atoms with van der Waals surface area (Å²) in [5, 5.41) is 0. The second-order valence-electron chi connectivity index (χ2n) is 4.55. The minimum absolute atomic E-state index is 0. The van der Waals surface area contributed by atoms with Crippen molar-refractivity contribution >= 4 is 41.7 Å². The number of ether oxygens (including phenoxy) is 1. The second-order valence-corrected chi connectivity index (χ2v) is 5.78. The SMILES string of the molecule is CN1CCOC(CN=C(N)N2CCSCC2)C1.I. The van der Waals surface area contributed by atoms with Gasteiger partial charge in [0.2, 0.25) is 0 Å². The molecule has 5 nitrogen and oxygen atoms in total. The molecule has 0 saturated carbocycles. The Morgan fingerprint density at radius 2 is 2.11 bits per heavy atom. The van der Waals surface area contributed by atoms with Gasteiger partial charge in [-0.15, -0.1) is 24.0 Å². The fourth-order valence-corrected chi connectivity index (χ4v) is 2.97. The zero-order chi connectivity index (χ0) is 12.1. The third-order valence-corrected chi connectivity index (χ3v) is 4.08. The Hall–Kier alpha value is 0.270. The molecule has 1 atom stereocenters. The molecule has 106 valence electrons. The number of halogens is 1. The Bertz CT molecular complexity index is 274. The lowest BCUT2D eigenvalue weighted by Gasteiger charge is -2.30. The number of likely N-dealkylation sites (N-methyl/N-ethyl adjacent to an activating group) is 1. The summed E-state index contributed by atoms with van der Waals surface area (Å²) in [5.74, 6) is 2.99. The van der Waals surface area contributed by atoms with Gasteiger partial charge in [-0.05, 0) is 7.05 Å². The van der Waals surface area contributed by atoms with Gasteiger partial charge >= 0.3 is 0 Å². The van der Waals surface area contributed by atoms with Crippen LogP contribution in [0.3, 0.4) is 0 Å². The molecule has 2 fully saturated rings. The molecule has 1 unspecified atom stereocenters. The Morgan fingerprint density at radius 3 is 2.78 bits per heavy atom. The van der Waals surface area contributed by atoms with Crippen molar-refractivity contribution < 1.29 is 4.74 Å². The van der Waals surface area contributed by atoms with Crippen LogP contribution >= 0.6 is 35.7 Å². The van der Waals surface area contributed by atoms with Crippen LogP contribution in [0.1, 0.15) is 0 Å². The normalized spacial score (nSPS) is 26.8. The first kappa shape index (κ1) is 16.3. The van der Waals surface area contributed by atoms with E-state index in [0.717, 1.165) is 44.3 Å². The second kappa shape index (κ2) is 8.44. The van der Waals surface area contributed by atoms with Crippen molar-refractivity contribution in [3.05, 3.63) is 0 Å². The molecule has 0 radical (unpaired) electrons. The zero-order valence-electron chi connectivity index (χ0n) is 10.9. The Labute approximate surface area is 131 Å². The molecule has 7 heteroatoms. The van der Waals surface area contributed by atoms with E-state index in [0.29, 0.717) is 12.5 Å². The van der Waals surface area contributed by atoms with Crippen LogP contribution in [0.4, 0.5) is 0 Å². The van der Waals surface area contributed by atoms with Gasteiger partial charge < -0.3 is 20.3 Å². The molecular weight excluding hydrogens is 363 g/mol. The molecule has 0 aliphatic carbocycles. The zero-order valence-corrected chi connectivity index (χ0v) is 14.0. The van der Waals surface area contributed by atoms with E-state index in [1.165, 1.54) is 0 Å². The van der Waals surface area contributed by atoms with Gasteiger partial charge in [-0.1, -0.05) is 0 Å². The molecule has 2 heterocycles. The number of morpholine rings is 1. The molecular formula is C11H23IN4OS. The maximum absolute atomic E-state index is 6.00. The fraction of sp³-hybridized carbons (Fsp3) is 0.909. The average Bonchev–Trinajstić information content (AvgIpc) is 2.37. The molecule has 2 N–H and O–H groups in total. The maximum atomic E-state index is 6.00. The van der Waals surface area contributed by atoms with Gasteiger partial charge in [0.05, 0.1) is 19.3 Å². The fourth-order valence-electron chi connectivity index (χ4n) is 2.07. The van der Waals surface area contributed by atoms with Crippen LogP contribution in [0.5, 0.6) is 0 Å². The van der Waals surface area contributed by atoms with Crippen molar-refractivity contribution in [1.82, 2.24) is 9.80 Å². The van der Waals surface area contributed by atoms with E-state index in [-0.39, 0.29) is 30.1 Å². The van der Waals surface area contributed by atoms with Crippen molar-refractivity contribution in [3.8, 4) is 0 Å². The Morgan fingerprint density at radius 1 is 1.39 bits per heavy atom. The van der Waals surface area contributed by atoms with Crippen LogP contribution in [-0.4, -0.2) is 79.7 Å². The number of hydrogen-bond donors (Lipinski definition) is 1. The lowest BCUT2D eigenvalue weighted by atomic mass is 10.3. The lowest BCUT2D eigenvalue weighted by molar-refractivity contribution is -0.0137. The topological polar surface area (TPSA) is 54.1 Å². The first-order chi connectivity index (χ1) is 8.25. The predicted octanol–water partition coefficient (Wildman–Crippen LogP) is 0.299. The van der Waals surface area contributed by atoms with Crippen molar-refractivity contribution in [2.24, 2.45) is 10.7 Å². The third kappa shape index (κ3) is 5.10. The van der Waals surface area contributed by atoms with Gasteiger partial charge in [0.1, 0.15) is 0 Å².